The van der Waals surface area contributed by atoms with Crippen molar-refractivity contribution in [3.05, 3.63) is 83.9 Å². The van der Waals surface area contributed by atoms with Crippen molar-refractivity contribution in [1.82, 2.24) is 5.32 Å². The first-order chi connectivity index (χ1) is 11.3. The van der Waals surface area contributed by atoms with E-state index in [9.17, 15) is 0 Å². The molecule has 0 radical (unpaired) electrons. The molecule has 0 bridgehead atoms. The minimum absolute atomic E-state index is 0.0322. The number of hydrogen-bond acceptors (Lipinski definition) is 2. The molecule has 2 nitrogen and oxygen atoms in total. The van der Waals surface area contributed by atoms with Gasteiger partial charge in [-0.1, -0.05) is 72.8 Å². The van der Waals surface area contributed by atoms with Gasteiger partial charge in [-0.3, -0.25) is 0 Å². The normalized spacial score (nSPS) is 13.8. The standard InChI is InChI=1S/C21H23NO/c1-22-15-20(21(23-2)17-9-4-3-5-10-17)19-13-12-16-8-6-7-11-18(16)14-19/h3-14,20-22H,15H2,1-2H3. The largest absolute Gasteiger partial charge is 0.376 e. The Morgan fingerprint density at radius 2 is 1.52 bits per heavy atom. The Hall–Kier alpha value is -2.16. The van der Waals surface area contributed by atoms with Crippen LogP contribution in [-0.2, 0) is 4.74 Å². The van der Waals surface area contributed by atoms with E-state index in [1.165, 1.54) is 21.9 Å². The van der Waals surface area contributed by atoms with Gasteiger partial charge in [-0.15, -0.1) is 0 Å². The van der Waals surface area contributed by atoms with Crippen LogP contribution in [0.2, 0.25) is 0 Å². The molecule has 0 spiro atoms. The molecule has 1 N–H and O–H groups in total. The van der Waals surface area contributed by atoms with Crippen LogP contribution in [0.25, 0.3) is 10.8 Å². The van der Waals surface area contributed by atoms with Crippen LogP contribution in [0.5, 0.6) is 0 Å². The van der Waals surface area contributed by atoms with Gasteiger partial charge in [0, 0.05) is 19.6 Å². The zero-order valence-electron chi connectivity index (χ0n) is 13.7. The lowest BCUT2D eigenvalue weighted by Gasteiger charge is -2.27. The van der Waals surface area contributed by atoms with Crippen molar-refractivity contribution in [2.24, 2.45) is 0 Å². The Morgan fingerprint density at radius 1 is 0.826 bits per heavy atom. The first-order valence-corrected chi connectivity index (χ1v) is 8.04. The molecule has 0 aliphatic rings. The molecule has 23 heavy (non-hydrogen) atoms. The van der Waals surface area contributed by atoms with Gasteiger partial charge in [0.15, 0.2) is 0 Å². The number of likely N-dealkylation sites (N-methyl/N-ethyl adjacent to an activating group) is 1. The lowest BCUT2D eigenvalue weighted by atomic mass is 9.87. The average molecular weight is 305 g/mol. The summed E-state index contributed by atoms with van der Waals surface area (Å²) in [6, 6.07) is 25.6. The van der Waals surface area contributed by atoms with Crippen molar-refractivity contribution < 1.29 is 4.74 Å². The van der Waals surface area contributed by atoms with Crippen LogP contribution in [0.15, 0.2) is 72.8 Å². The second-order valence-electron chi connectivity index (χ2n) is 5.84. The third-order valence-electron chi connectivity index (χ3n) is 4.37. The highest BCUT2D eigenvalue weighted by molar-refractivity contribution is 5.83. The molecule has 0 aromatic heterocycles. The molecule has 0 saturated heterocycles. The zero-order valence-corrected chi connectivity index (χ0v) is 13.7. The molecular weight excluding hydrogens is 282 g/mol. The van der Waals surface area contributed by atoms with E-state index < -0.39 is 0 Å². The fourth-order valence-corrected chi connectivity index (χ4v) is 3.23. The fraction of sp³-hybridized carbons (Fsp3) is 0.238. The number of rotatable bonds is 6. The van der Waals surface area contributed by atoms with Crippen molar-refractivity contribution >= 4 is 10.8 Å². The van der Waals surface area contributed by atoms with Crippen LogP contribution in [0.1, 0.15) is 23.1 Å². The van der Waals surface area contributed by atoms with Gasteiger partial charge in [-0.05, 0) is 28.9 Å². The summed E-state index contributed by atoms with van der Waals surface area (Å²) in [4.78, 5) is 0. The number of benzene rings is 3. The SMILES string of the molecule is CNCC(c1ccc2ccccc2c1)C(OC)c1ccccc1. The van der Waals surface area contributed by atoms with Crippen molar-refractivity contribution in [2.75, 3.05) is 20.7 Å². The smallest absolute Gasteiger partial charge is 0.0901 e. The van der Waals surface area contributed by atoms with Gasteiger partial charge in [0.05, 0.1) is 6.10 Å². The number of methoxy groups -OCH3 is 1. The first-order valence-electron chi connectivity index (χ1n) is 8.04. The van der Waals surface area contributed by atoms with E-state index in [1.807, 2.05) is 13.1 Å². The monoisotopic (exact) mass is 305 g/mol. The van der Waals surface area contributed by atoms with Crippen molar-refractivity contribution in [1.29, 1.82) is 0 Å². The van der Waals surface area contributed by atoms with Crippen molar-refractivity contribution in [3.8, 4) is 0 Å². The maximum Gasteiger partial charge on any atom is 0.0901 e. The molecule has 0 aliphatic carbocycles. The molecule has 0 fully saturated rings. The minimum Gasteiger partial charge on any atom is -0.376 e. The van der Waals surface area contributed by atoms with E-state index in [0.29, 0.717) is 0 Å². The molecule has 118 valence electrons. The summed E-state index contributed by atoms with van der Waals surface area (Å²) in [5.41, 5.74) is 2.51. The summed E-state index contributed by atoms with van der Waals surface area (Å²) in [5, 5.41) is 5.86. The first kappa shape index (κ1) is 15.7. The van der Waals surface area contributed by atoms with Gasteiger partial charge >= 0.3 is 0 Å². The van der Waals surface area contributed by atoms with Crippen molar-refractivity contribution in [2.45, 2.75) is 12.0 Å². The lowest BCUT2D eigenvalue weighted by molar-refractivity contribution is 0.0787. The van der Waals surface area contributed by atoms with Gasteiger partial charge in [0.1, 0.15) is 0 Å². The number of nitrogens with one attached hydrogen (secondary N) is 1. The quantitative estimate of drug-likeness (QED) is 0.722. The summed E-state index contributed by atoms with van der Waals surface area (Å²) in [6.07, 6.45) is 0.0322. The van der Waals surface area contributed by atoms with Crippen LogP contribution in [0, 0.1) is 0 Å². The molecule has 3 rings (SSSR count). The number of hydrogen-bond donors (Lipinski definition) is 1. The van der Waals surface area contributed by atoms with E-state index in [4.69, 9.17) is 4.74 Å². The average Bonchev–Trinajstić information content (AvgIpc) is 2.62. The lowest BCUT2D eigenvalue weighted by Crippen LogP contribution is -2.24. The van der Waals surface area contributed by atoms with Gasteiger partial charge in [-0.25, -0.2) is 0 Å². The number of ether oxygens (including phenoxy) is 1. The molecule has 0 aliphatic heterocycles. The highest BCUT2D eigenvalue weighted by Crippen LogP contribution is 2.34. The third kappa shape index (κ3) is 3.44. The van der Waals surface area contributed by atoms with Gasteiger partial charge < -0.3 is 10.1 Å². The molecule has 0 heterocycles. The van der Waals surface area contributed by atoms with E-state index in [2.05, 4.69) is 72.0 Å². The van der Waals surface area contributed by atoms with Gasteiger partial charge in [-0.2, -0.15) is 0 Å². The Kier molecular flexibility index (Phi) is 5.06. The second-order valence-corrected chi connectivity index (χ2v) is 5.84. The summed E-state index contributed by atoms with van der Waals surface area (Å²) in [6.45, 7) is 0.867. The summed E-state index contributed by atoms with van der Waals surface area (Å²) in [5.74, 6) is 0.261. The topological polar surface area (TPSA) is 21.3 Å². The molecule has 2 atom stereocenters. The molecule has 0 amide bonds. The summed E-state index contributed by atoms with van der Waals surface area (Å²) in [7, 11) is 3.78. The molecule has 2 unspecified atom stereocenters. The fourth-order valence-electron chi connectivity index (χ4n) is 3.23. The van der Waals surface area contributed by atoms with E-state index in [-0.39, 0.29) is 12.0 Å². The Balaban J connectivity index is 2.01. The molecular formula is C21H23NO. The molecule has 3 aromatic carbocycles. The van der Waals surface area contributed by atoms with Gasteiger partial charge in [0.25, 0.3) is 0 Å². The van der Waals surface area contributed by atoms with Crippen LogP contribution in [0.4, 0.5) is 0 Å². The van der Waals surface area contributed by atoms with Crippen LogP contribution < -0.4 is 5.32 Å². The van der Waals surface area contributed by atoms with E-state index in [0.717, 1.165) is 6.54 Å². The molecule has 3 aromatic rings. The predicted molar refractivity (Wildman–Crippen MR) is 96.8 cm³/mol. The Labute approximate surface area is 138 Å². The Bertz CT molecular complexity index is 754. The molecule has 0 saturated carbocycles. The van der Waals surface area contributed by atoms with E-state index in [1.54, 1.807) is 7.11 Å². The maximum atomic E-state index is 5.88. The van der Waals surface area contributed by atoms with Crippen LogP contribution in [-0.4, -0.2) is 20.7 Å². The van der Waals surface area contributed by atoms with Crippen LogP contribution in [0.3, 0.4) is 0 Å². The van der Waals surface area contributed by atoms with Gasteiger partial charge in [0.2, 0.25) is 0 Å². The van der Waals surface area contributed by atoms with Crippen molar-refractivity contribution in [3.63, 3.8) is 0 Å². The zero-order chi connectivity index (χ0) is 16.1. The number of fused-ring (bicyclic) bond motifs is 1. The van der Waals surface area contributed by atoms with Crippen LogP contribution >= 0.6 is 0 Å². The maximum absolute atomic E-state index is 5.88. The third-order valence-corrected chi connectivity index (χ3v) is 4.37. The van der Waals surface area contributed by atoms with E-state index >= 15 is 0 Å². The Morgan fingerprint density at radius 3 is 2.22 bits per heavy atom. The second kappa shape index (κ2) is 7.40. The summed E-state index contributed by atoms with van der Waals surface area (Å²) >= 11 is 0. The minimum atomic E-state index is 0.0322. The highest BCUT2D eigenvalue weighted by atomic mass is 16.5. The summed E-state index contributed by atoms with van der Waals surface area (Å²) < 4.78 is 5.88. The highest BCUT2D eigenvalue weighted by Gasteiger charge is 2.24. The predicted octanol–water partition coefficient (Wildman–Crippen LogP) is 4.53. The molecule has 2 heteroatoms.